The second-order valence-electron chi connectivity index (χ2n) is 31.1. The topological polar surface area (TPSA) is 13.0 Å². The van der Waals surface area contributed by atoms with Crippen LogP contribution in [0.4, 0.5) is 11.4 Å². The molecule has 7 aliphatic heterocycles. The van der Waals surface area contributed by atoms with E-state index in [-0.39, 0.29) is 5.41 Å². The highest BCUT2D eigenvalue weighted by molar-refractivity contribution is 5.68. The Morgan fingerprint density at radius 3 is 1.30 bits per heavy atom. The van der Waals surface area contributed by atoms with Gasteiger partial charge < -0.3 is 19.6 Å². The van der Waals surface area contributed by atoms with E-state index in [2.05, 4.69) is 277 Å². The van der Waals surface area contributed by atoms with Crippen LogP contribution >= 0.6 is 0 Å². The Balaban J connectivity index is 0.000000113. The van der Waals surface area contributed by atoms with Gasteiger partial charge in [0.25, 0.3) is 0 Å². The summed E-state index contributed by atoms with van der Waals surface area (Å²) in [6, 6.07) is 72.1. The molecule has 8 aromatic rings. The van der Waals surface area contributed by atoms with Crippen LogP contribution in [0.25, 0.3) is 22.3 Å². The van der Waals surface area contributed by atoms with Crippen LogP contribution in [0.3, 0.4) is 0 Å². The fourth-order valence-electron chi connectivity index (χ4n) is 20.3. The summed E-state index contributed by atoms with van der Waals surface area (Å²) in [7, 11) is 4.65. The third kappa shape index (κ3) is 12.6. The second-order valence-corrected chi connectivity index (χ2v) is 31.1. The molecule has 11 fully saturated rings. The minimum atomic E-state index is 0.266. The molecular formula is C88H108N4. The molecule has 92 heavy (non-hydrogen) atoms. The molecule has 7 saturated heterocycles. The van der Waals surface area contributed by atoms with Gasteiger partial charge in [-0.3, -0.25) is 0 Å². The Labute approximate surface area is 555 Å². The van der Waals surface area contributed by atoms with Gasteiger partial charge in [-0.05, 0) is 256 Å². The lowest BCUT2D eigenvalue weighted by Gasteiger charge is -2.60. The number of rotatable bonds is 8. The molecule has 480 valence electrons. The van der Waals surface area contributed by atoms with Crippen molar-refractivity contribution in [3.8, 4) is 22.3 Å². The molecule has 4 nitrogen and oxygen atoms in total. The molecule has 19 rings (SSSR count). The number of aryl methyl sites for hydroxylation is 7. The number of anilines is 2. The summed E-state index contributed by atoms with van der Waals surface area (Å²) < 4.78 is 0. The average Bonchev–Trinajstić information content (AvgIpc) is 0.911. The number of hydrogen-bond donors (Lipinski definition) is 0. The normalized spacial score (nSPS) is 28.0. The van der Waals surface area contributed by atoms with E-state index in [1.165, 1.54) is 208 Å². The van der Waals surface area contributed by atoms with E-state index in [0.29, 0.717) is 27.8 Å². The zero-order valence-electron chi connectivity index (χ0n) is 58.0. The lowest BCUT2D eigenvalue weighted by Crippen LogP contribution is -2.63. The van der Waals surface area contributed by atoms with Crippen molar-refractivity contribution < 1.29 is 0 Å². The summed E-state index contributed by atoms with van der Waals surface area (Å²) in [5.74, 6) is 0. The maximum absolute atomic E-state index is 2.75. The van der Waals surface area contributed by atoms with Gasteiger partial charge in [-0.2, -0.15) is 0 Å². The van der Waals surface area contributed by atoms with Gasteiger partial charge in [0, 0.05) is 82.9 Å². The van der Waals surface area contributed by atoms with Crippen molar-refractivity contribution in [2.45, 2.75) is 216 Å². The third-order valence-corrected chi connectivity index (χ3v) is 25.0. The second kappa shape index (κ2) is 26.6. The molecule has 0 spiro atoms. The zero-order valence-corrected chi connectivity index (χ0v) is 58.0. The average molecular weight is 1220 g/mol. The lowest BCUT2D eigenvalue weighted by atomic mass is 9.58. The summed E-state index contributed by atoms with van der Waals surface area (Å²) in [6.07, 6.45) is 24.4. The molecule has 8 bridgehead atoms. The summed E-state index contributed by atoms with van der Waals surface area (Å²) >= 11 is 0. The van der Waals surface area contributed by atoms with Gasteiger partial charge in [-0.25, -0.2) is 0 Å². The quantitative estimate of drug-likeness (QED) is 0.150. The Morgan fingerprint density at radius 1 is 0.326 bits per heavy atom. The van der Waals surface area contributed by atoms with Crippen LogP contribution in [0.5, 0.6) is 0 Å². The predicted molar refractivity (Wildman–Crippen MR) is 392 cm³/mol. The summed E-state index contributed by atoms with van der Waals surface area (Å²) in [4.78, 5) is 10.7. The Morgan fingerprint density at radius 2 is 0.772 bits per heavy atom. The van der Waals surface area contributed by atoms with Crippen LogP contribution in [0.2, 0.25) is 0 Å². The first kappa shape index (κ1) is 64.0. The van der Waals surface area contributed by atoms with E-state index >= 15 is 0 Å². The molecule has 0 N–H and O–H groups in total. The fraction of sp³-hybridized carbons (Fsp3) is 0.455. The van der Waals surface area contributed by atoms with Crippen molar-refractivity contribution in [3.63, 3.8) is 0 Å². The Hall–Kier alpha value is -6.72. The molecule has 11 aliphatic rings. The van der Waals surface area contributed by atoms with Crippen LogP contribution in [0, 0.1) is 48.5 Å². The van der Waals surface area contributed by atoms with Crippen molar-refractivity contribution in [2.24, 2.45) is 0 Å². The number of fused-ring (bicyclic) bond motifs is 13. The molecule has 0 amide bonds. The smallest absolute Gasteiger partial charge is 0.0428 e. The van der Waals surface area contributed by atoms with Crippen LogP contribution < -0.4 is 9.80 Å². The predicted octanol–water partition coefficient (Wildman–Crippen LogP) is 21.1. The van der Waals surface area contributed by atoms with Gasteiger partial charge in [-0.15, -0.1) is 0 Å². The van der Waals surface area contributed by atoms with E-state index in [0.717, 1.165) is 18.6 Å². The zero-order chi connectivity index (χ0) is 63.8. The van der Waals surface area contributed by atoms with Gasteiger partial charge in [0.15, 0.2) is 0 Å². The highest BCUT2D eigenvalue weighted by Gasteiger charge is 2.53. The van der Waals surface area contributed by atoms with Gasteiger partial charge in [0.05, 0.1) is 0 Å². The van der Waals surface area contributed by atoms with Crippen molar-refractivity contribution >= 4 is 11.4 Å². The van der Waals surface area contributed by atoms with Gasteiger partial charge in [0.1, 0.15) is 0 Å². The van der Waals surface area contributed by atoms with Gasteiger partial charge >= 0.3 is 0 Å². The summed E-state index contributed by atoms with van der Waals surface area (Å²) in [6.45, 7) is 23.3. The van der Waals surface area contributed by atoms with Crippen LogP contribution in [0.1, 0.15) is 184 Å². The number of piperidine rings is 4. The largest absolute Gasteiger partial charge is 0.367 e. The number of hydrogen-bond acceptors (Lipinski definition) is 4. The van der Waals surface area contributed by atoms with Crippen LogP contribution in [0.15, 0.2) is 188 Å². The molecule has 0 radical (unpaired) electrons. The number of benzene rings is 8. The minimum absolute atomic E-state index is 0.266. The third-order valence-electron chi connectivity index (χ3n) is 25.0. The number of para-hydroxylation sites is 1. The monoisotopic (exact) mass is 1220 g/mol. The SMILES string of the molecule is Cc1cc(-c2ccccc2)ccc1C12CCCC(CC1)N(C)C2.Cc1cc(C)c(N2CC3(c4ccccc4C)CCCC2C3)c(C)c1.Cc1ccc(-c2ccccc2)cc1C12CCC(C)(CC1)N(c1ccccc1)C2.Cc1ccccc1C12CCCC(CC1)N(C)C2. The highest BCUT2D eigenvalue weighted by atomic mass is 15.2. The molecular weight excluding hydrogens is 1110 g/mol. The van der Waals surface area contributed by atoms with Gasteiger partial charge in [0.2, 0.25) is 0 Å². The summed E-state index contributed by atoms with van der Waals surface area (Å²) in [5.41, 5.74) is 26.5. The van der Waals surface area contributed by atoms with Crippen molar-refractivity contribution in [3.05, 3.63) is 249 Å². The molecule has 8 aromatic carbocycles. The van der Waals surface area contributed by atoms with Crippen LogP contribution in [-0.4, -0.2) is 73.7 Å². The molecule has 4 aliphatic carbocycles. The lowest BCUT2D eigenvalue weighted by molar-refractivity contribution is 0.132. The maximum Gasteiger partial charge on any atom is 0.0428 e. The highest BCUT2D eigenvalue weighted by Crippen LogP contribution is 2.55. The molecule has 0 aromatic heterocycles. The first-order valence-electron chi connectivity index (χ1n) is 36.0. The fourth-order valence-corrected chi connectivity index (χ4v) is 20.3. The van der Waals surface area contributed by atoms with Gasteiger partial charge in [-0.1, -0.05) is 201 Å². The molecule has 6 unspecified atom stereocenters. The van der Waals surface area contributed by atoms with Crippen LogP contribution in [-0.2, 0) is 21.7 Å². The first-order chi connectivity index (χ1) is 44.5. The summed E-state index contributed by atoms with van der Waals surface area (Å²) in [5, 5.41) is 0. The van der Waals surface area contributed by atoms with Crippen molar-refractivity contribution in [1.29, 1.82) is 0 Å². The molecule has 4 saturated carbocycles. The number of likely N-dealkylation sites (N-methyl/N-ethyl adjacent to an activating group) is 2. The Bertz CT molecular complexity index is 3790. The van der Waals surface area contributed by atoms with Crippen molar-refractivity contribution in [1.82, 2.24) is 9.80 Å². The minimum Gasteiger partial charge on any atom is -0.367 e. The molecule has 4 heteroatoms. The van der Waals surface area contributed by atoms with E-state index in [4.69, 9.17) is 0 Å². The van der Waals surface area contributed by atoms with E-state index in [1.54, 1.807) is 22.3 Å². The first-order valence-corrected chi connectivity index (χ1v) is 36.0. The number of nitrogens with zero attached hydrogens (tertiary/aromatic N) is 4. The standard InChI is InChI=1S/C27H29N.C23H29N.C22H27N.C16H23N/c1-21-13-14-23(22-9-5-3-6-10-22)19-25(21)27-17-15-26(2,16-18-27)28(20-27)24-11-7-4-8-12-24;1-16-12-18(3)22(19(4)13-16)24-15-23(11-7-9-20(24)14-23)21-10-6-5-8-17(21)2;1-17-15-19(18-7-4-3-5-8-18)10-11-21(17)22-13-6-9-20(12-14-22)23(2)16-22;1-13-6-3-4-8-15(13)16-10-5-7-14(9-11-16)17(2)12-16/h3-14,19H,15-18,20H2,1-2H3;5-6,8,10,12-13,20H,7,9,11,14-15H2,1-4H3;3-5,7-8,10-11,15,20H,6,9,12-14,16H2,1-2H3;3-4,6,8,14H,5,7,9-12H2,1-2H3. The Kier molecular flexibility index (Phi) is 18.5. The maximum atomic E-state index is 2.75. The van der Waals surface area contributed by atoms with Crippen molar-refractivity contribution in [2.75, 3.05) is 50.1 Å². The molecule has 6 atom stereocenters. The molecule has 7 heterocycles. The van der Waals surface area contributed by atoms with E-state index in [9.17, 15) is 0 Å². The van der Waals surface area contributed by atoms with E-state index < -0.39 is 0 Å². The van der Waals surface area contributed by atoms with E-state index in [1.807, 2.05) is 0 Å².